The van der Waals surface area contributed by atoms with E-state index in [1.165, 1.54) is 0 Å². The number of hydrogen-bond donors (Lipinski definition) is 0. The van der Waals surface area contributed by atoms with Crippen LogP contribution in [0.1, 0.15) is 29.8 Å². The predicted octanol–water partition coefficient (Wildman–Crippen LogP) is 3.82. The Morgan fingerprint density at radius 2 is 1.42 bits per heavy atom. The van der Waals surface area contributed by atoms with Gasteiger partial charge >= 0.3 is 6.03 Å². The van der Waals surface area contributed by atoms with Crippen molar-refractivity contribution in [3.63, 3.8) is 0 Å². The predicted molar refractivity (Wildman–Crippen MR) is 129 cm³/mol. The van der Waals surface area contributed by atoms with Gasteiger partial charge in [0.1, 0.15) is 5.69 Å². The molecule has 1 aromatic heterocycles. The molecule has 2 aromatic carbocycles. The lowest BCUT2D eigenvalue weighted by Gasteiger charge is -2.37. The van der Waals surface area contributed by atoms with Crippen LogP contribution in [0.4, 0.5) is 4.79 Å². The average Bonchev–Trinajstić information content (AvgIpc) is 3.29. The second-order valence-electron chi connectivity index (χ2n) is 8.17. The molecule has 0 saturated carbocycles. The molecule has 1 aliphatic rings. The molecular formula is C26H31N5O2. The highest BCUT2D eigenvalue weighted by Crippen LogP contribution is 2.24. The van der Waals surface area contributed by atoms with Crippen LogP contribution in [0.2, 0.25) is 0 Å². The Hall–Kier alpha value is -3.61. The molecule has 3 amide bonds. The zero-order chi connectivity index (χ0) is 23.2. The molecule has 0 bridgehead atoms. The maximum atomic E-state index is 13.5. The molecule has 7 heteroatoms. The summed E-state index contributed by atoms with van der Waals surface area (Å²) in [7, 11) is 0. The normalized spacial score (nSPS) is 13.8. The molecule has 1 saturated heterocycles. The molecule has 0 radical (unpaired) electrons. The first-order valence-corrected chi connectivity index (χ1v) is 11.6. The number of amides is 3. The first-order valence-electron chi connectivity index (χ1n) is 11.6. The van der Waals surface area contributed by atoms with E-state index in [9.17, 15) is 9.59 Å². The fourth-order valence-electron chi connectivity index (χ4n) is 4.20. The number of aromatic nitrogens is 2. The summed E-state index contributed by atoms with van der Waals surface area (Å²) in [6.45, 7) is 8.07. The van der Waals surface area contributed by atoms with Gasteiger partial charge in [0.15, 0.2) is 0 Å². The summed E-state index contributed by atoms with van der Waals surface area (Å²) in [4.78, 5) is 31.7. The maximum Gasteiger partial charge on any atom is 0.320 e. The third-order valence-corrected chi connectivity index (χ3v) is 6.10. The number of carbonyl (C=O) groups is 2. The fraction of sp³-hybridized carbons (Fsp3) is 0.346. The monoisotopic (exact) mass is 445 g/mol. The molecule has 0 atom stereocenters. The van der Waals surface area contributed by atoms with Crippen molar-refractivity contribution < 1.29 is 9.59 Å². The molecule has 1 aliphatic heterocycles. The average molecular weight is 446 g/mol. The van der Waals surface area contributed by atoms with Gasteiger partial charge in [0.2, 0.25) is 0 Å². The third-order valence-electron chi connectivity index (χ3n) is 6.10. The lowest BCUT2D eigenvalue weighted by atomic mass is 10.1. The molecule has 7 nitrogen and oxygen atoms in total. The van der Waals surface area contributed by atoms with Crippen LogP contribution in [0.3, 0.4) is 0 Å². The summed E-state index contributed by atoms with van der Waals surface area (Å²) in [6, 6.07) is 20.0. The van der Waals surface area contributed by atoms with Gasteiger partial charge < -0.3 is 14.7 Å². The molecular weight excluding hydrogens is 414 g/mol. The van der Waals surface area contributed by atoms with Gasteiger partial charge in [-0.05, 0) is 19.4 Å². The minimum Gasteiger partial charge on any atom is -0.335 e. The van der Waals surface area contributed by atoms with Crippen molar-refractivity contribution >= 4 is 11.9 Å². The Balaban J connectivity index is 1.54. The van der Waals surface area contributed by atoms with E-state index in [-0.39, 0.29) is 11.9 Å². The minimum absolute atomic E-state index is 0.0388. The zero-order valence-corrected chi connectivity index (χ0v) is 19.4. The van der Waals surface area contributed by atoms with E-state index in [1.807, 2.05) is 88.0 Å². The highest BCUT2D eigenvalue weighted by atomic mass is 16.2. The van der Waals surface area contributed by atoms with Gasteiger partial charge in [-0.25, -0.2) is 4.79 Å². The highest BCUT2D eigenvalue weighted by Gasteiger charge is 2.29. The topological polar surface area (TPSA) is 61.7 Å². The zero-order valence-electron chi connectivity index (χ0n) is 19.4. The quantitative estimate of drug-likeness (QED) is 0.580. The Morgan fingerprint density at radius 1 is 0.848 bits per heavy atom. The number of carbonyl (C=O) groups excluding carboxylic acids is 2. The van der Waals surface area contributed by atoms with Crippen LogP contribution in [0.25, 0.3) is 11.3 Å². The van der Waals surface area contributed by atoms with E-state index in [0.717, 1.165) is 11.1 Å². The number of rotatable bonds is 6. The van der Waals surface area contributed by atoms with Crippen LogP contribution >= 0.6 is 0 Å². The van der Waals surface area contributed by atoms with E-state index >= 15 is 0 Å². The molecule has 0 unspecified atom stereocenters. The van der Waals surface area contributed by atoms with Crippen molar-refractivity contribution in [2.24, 2.45) is 0 Å². The summed E-state index contributed by atoms with van der Waals surface area (Å²) in [5.41, 5.74) is 3.34. The van der Waals surface area contributed by atoms with Gasteiger partial charge in [-0.3, -0.25) is 9.48 Å². The number of urea groups is 1. The lowest BCUT2D eigenvalue weighted by molar-refractivity contribution is 0.0642. The Labute approximate surface area is 195 Å². The van der Waals surface area contributed by atoms with E-state index in [2.05, 4.69) is 12.1 Å². The van der Waals surface area contributed by atoms with E-state index in [0.29, 0.717) is 57.1 Å². The van der Waals surface area contributed by atoms with Gasteiger partial charge in [0, 0.05) is 51.0 Å². The number of nitrogens with zero attached hydrogens (tertiary/aromatic N) is 5. The largest absolute Gasteiger partial charge is 0.335 e. The summed E-state index contributed by atoms with van der Waals surface area (Å²) in [5, 5.41) is 4.78. The van der Waals surface area contributed by atoms with Crippen molar-refractivity contribution in [2.45, 2.75) is 20.4 Å². The Bertz CT molecular complexity index is 1070. The third kappa shape index (κ3) is 5.08. The molecule has 0 spiro atoms. The van der Waals surface area contributed by atoms with Gasteiger partial charge in [0.25, 0.3) is 5.91 Å². The molecule has 0 N–H and O–H groups in total. The van der Waals surface area contributed by atoms with Crippen molar-refractivity contribution in [2.75, 3.05) is 39.3 Å². The second-order valence-corrected chi connectivity index (χ2v) is 8.17. The minimum atomic E-state index is -0.0388. The molecule has 33 heavy (non-hydrogen) atoms. The first kappa shape index (κ1) is 22.6. The van der Waals surface area contributed by atoms with Gasteiger partial charge in [-0.2, -0.15) is 5.10 Å². The smallest absolute Gasteiger partial charge is 0.320 e. The summed E-state index contributed by atoms with van der Waals surface area (Å²) < 4.78 is 1.84. The Morgan fingerprint density at radius 3 is 2.03 bits per heavy atom. The van der Waals surface area contributed by atoms with E-state index < -0.39 is 0 Å². The summed E-state index contributed by atoms with van der Waals surface area (Å²) >= 11 is 0. The standard InChI is InChI=1S/C26H31N5O2/c1-3-28(4-2)26(33)30-17-15-29(16-18-30)25(32)23-20-31(19-21-11-7-5-8-12-21)27-24(23)22-13-9-6-10-14-22/h5-14,20H,3-4,15-19H2,1-2H3. The highest BCUT2D eigenvalue weighted by molar-refractivity contribution is 6.00. The fourth-order valence-corrected chi connectivity index (χ4v) is 4.20. The van der Waals surface area contributed by atoms with Gasteiger partial charge in [0.05, 0.1) is 12.1 Å². The summed E-state index contributed by atoms with van der Waals surface area (Å²) in [6.07, 6.45) is 1.85. The van der Waals surface area contributed by atoms with Crippen LogP contribution in [0.15, 0.2) is 66.9 Å². The molecule has 172 valence electrons. The van der Waals surface area contributed by atoms with Crippen LogP contribution in [-0.2, 0) is 6.54 Å². The van der Waals surface area contributed by atoms with Crippen LogP contribution < -0.4 is 0 Å². The molecule has 1 fully saturated rings. The Kier molecular flexibility index (Phi) is 7.07. The van der Waals surface area contributed by atoms with E-state index in [1.54, 1.807) is 0 Å². The van der Waals surface area contributed by atoms with E-state index in [4.69, 9.17) is 5.10 Å². The number of hydrogen-bond acceptors (Lipinski definition) is 3. The van der Waals surface area contributed by atoms with Crippen molar-refractivity contribution in [3.8, 4) is 11.3 Å². The summed E-state index contributed by atoms with van der Waals surface area (Å²) in [5.74, 6) is -0.0388. The van der Waals surface area contributed by atoms with Crippen LogP contribution in [0, 0.1) is 0 Å². The molecule has 3 aromatic rings. The molecule has 4 rings (SSSR count). The van der Waals surface area contributed by atoms with Gasteiger partial charge in [-0.15, -0.1) is 0 Å². The van der Waals surface area contributed by atoms with Crippen molar-refractivity contribution in [1.82, 2.24) is 24.5 Å². The molecule has 2 heterocycles. The number of piperazine rings is 1. The van der Waals surface area contributed by atoms with Crippen molar-refractivity contribution in [3.05, 3.63) is 78.0 Å². The van der Waals surface area contributed by atoms with Crippen LogP contribution in [-0.4, -0.2) is 75.7 Å². The number of benzene rings is 2. The van der Waals surface area contributed by atoms with Crippen LogP contribution in [0.5, 0.6) is 0 Å². The molecule has 0 aliphatic carbocycles. The van der Waals surface area contributed by atoms with Crippen molar-refractivity contribution in [1.29, 1.82) is 0 Å². The lowest BCUT2D eigenvalue weighted by Crippen LogP contribution is -2.54. The SMILES string of the molecule is CCN(CC)C(=O)N1CCN(C(=O)c2cn(Cc3ccccc3)nc2-c2ccccc2)CC1. The maximum absolute atomic E-state index is 13.5. The van der Waals surface area contributed by atoms with Gasteiger partial charge in [-0.1, -0.05) is 60.7 Å². The first-order chi connectivity index (χ1) is 16.1. The second kappa shape index (κ2) is 10.3.